The van der Waals surface area contributed by atoms with Crippen molar-refractivity contribution in [2.75, 3.05) is 0 Å². The third kappa shape index (κ3) is 4.70. The summed E-state index contributed by atoms with van der Waals surface area (Å²) in [6.45, 7) is 6.50. The van der Waals surface area contributed by atoms with Gasteiger partial charge in [-0.15, -0.1) is 13.3 Å². The summed E-state index contributed by atoms with van der Waals surface area (Å²) in [4.78, 5) is 0. The van der Waals surface area contributed by atoms with Crippen LogP contribution in [0.1, 0.15) is 44.2 Å². The number of allylic oxidation sites excluding steroid dienone is 4. The van der Waals surface area contributed by atoms with E-state index >= 15 is 0 Å². The molecule has 0 atom stereocenters. The number of benzene rings is 2. The number of hydrogen-bond acceptors (Lipinski definition) is 0. The number of rotatable bonds is 1. The van der Waals surface area contributed by atoms with Gasteiger partial charge < -0.3 is 24.8 Å². The van der Waals surface area contributed by atoms with Crippen LogP contribution in [-0.2, 0) is 23.9 Å². The zero-order chi connectivity index (χ0) is 16.4. The van der Waals surface area contributed by atoms with Crippen molar-refractivity contribution in [2.24, 2.45) is 0 Å². The number of fused-ring (bicyclic) bond motifs is 3. The number of hydrogen-bond donors (Lipinski definition) is 0. The smallest absolute Gasteiger partial charge is 1.00 e. The maximum Gasteiger partial charge on any atom is -1.00 e. The van der Waals surface area contributed by atoms with E-state index < -0.39 is 0 Å². The van der Waals surface area contributed by atoms with Gasteiger partial charge in [0.05, 0.1) is 0 Å². The van der Waals surface area contributed by atoms with Gasteiger partial charge in [0.15, 0.2) is 0 Å². The molecule has 4 rings (SSSR count). The van der Waals surface area contributed by atoms with Crippen LogP contribution in [0.25, 0.3) is 11.1 Å². The summed E-state index contributed by atoms with van der Waals surface area (Å²) >= 11 is 1.27. The molecule has 128 valence electrons. The van der Waals surface area contributed by atoms with E-state index in [1.165, 1.54) is 57.3 Å². The average molecular weight is 535 g/mol. The topological polar surface area (TPSA) is 0 Å². The van der Waals surface area contributed by atoms with Gasteiger partial charge in [0.1, 0.15) is 0 Å². The Kier molecular flexibility index (Phi) is 8.74. The van der Waals surface area contributed by atoms with Gasteiger partial charge in [-0.1, -0.05) is 48.5 Å². The largest absolute Gasteiger partial charge is 1.00 e. The Balaban J connectivity index is 0.000000476. The molecule has 2 aliphatic rings. The van der Waals surface area contributed by atoms with Gasteiger partial charge >= 0.3 is 41.0 Å². The van der Waals surface area contributed by atoms with Crippen LogP contribution in [0.5, 0.6) is 0 Å². The Labute approximate surface area is 178 Å². The third-order valence-electron chi connectivity index (χ3n) is 4.25. The first-order valence-electron chi connectivity index (χ1n) is 8.07. The Hall–Kier alpha value is -0.760. The van der Waals surface area contributed by atoms with Crippen LogP contribution >= 0.6 is 0 Å². The molecule has 0 bridgehead atoms. The first-order valence-corrected chi connectivity index (χ1v) is 9.87. The molecule has 0 aliphatic heterocycles. The van der Waals surface area contributed by atoms with Gasteiger partial charge in [-0.2, -0.15) is 6.08 Å². The van der Waals surface area contributed by atoms with Crippen LogP contribution in [0.2, 0.25) is 0 Å². The van der Waals surface area contributed by atoms with Gasteiger partial charge in [-0.05, 0) is 22.3 Å². The standard InChI is InChI=1S/C19H15.C3H6.2ClH.Hf/c1-13-7-6-12-14(13)19-17-10-4-2-8-15(17)16-9-3-5-11-18(16)19;1-3-2;;;/h2-5,7-11,19H,6H2,1H3;1-2H3;2*1H;/q-1;;;;+2/p-2. The summed E-state index contributed by atoms with van der Waals surface area (Å²) < 4.78 is 1.56. The molecule has 0 saturated heterocycles. The van der Waals surface area contributed by atoms with Gasteiger partial charge in [-0.25, -0.2) is 11.1 Å². The van der Waals surface area contributed by atoms with E-state index in [4.69, 9.17) is 0 Å². The minimum atomic E-state index is 0. The normalized spacial score (nSPS) is 14.0. The fourth-order valence-corrected chi connectivity index (χ4v) is 3.36. The maximum absolute atomic E-state index is 3.55. The van der Waals surface area contributed by atoms with Crippen molar-refractivity contribution in [1.29, 1.82) is 0 Å². The van der Waals surface area contributed by atoms with Crippen molar-refractivity contribution in [2.45, 2.75) is 33.1 Å². The van der Waals surface area contributed by atoms with E-state index in [1.54, 1.807) is 3.26 Å². The molecule has 0 nitrogen and oxygen atoms in total. The minimum absolute atomic E-state index is 0. The van der Waals surface area contributed by atoms with E-state index in [0.717, 1.165) is 6.42 Å². The number of halogens is 2. The summed E-state index contributed by atoms with van der Waals surface area (Å²) in [7, 11) is 0. The molecule has 0 fully saturated rings. The molecule has 2 aromatic rings. The Morgan fingerprint density at radius 1 is 0.920 bits per heavy atom. The second kappa shape index (κ2) is 9.80. The predicted molar refractivity (Wildman–Crippen MR) is 95.2 cm³/mol. The third-order valence-corrected chi connectivity index (χ3v) is 4.25. The molecule has 2 aliphatic carbocycles. The van der Waals surface area contributed by atoms with E-state index in [-0.39, 0.29) is 24.8 Å². The maximum atomic E-state index is 3.55. The average Bonchev–Trinajstić information content (AvgIpc) is 3.08. The van der Waals surface area contributed by atoms with Crippen molar-refractivity contribution in [1.82, 2.24) is 0 Å². The molecule has 0 saturated carbocycles. The van der Waals surface area contributed by atoms with Crippen molar-refractivity contribution in [3.8, 4) is 11.1 Å². The molecule has 0 radical (unpaired) electrons. The zero-order valence-corrected chi connectivity index (χ0v) is 19.8. The summed E-state index contributed by atoms with van der Waals surface area (Å²) in [5, 5.41) is 0. The molecular weight excluding hydrogens is 514 g/mol. The van der Waals surface area contributed by atoms with Gasteiger partial charge in [0.25, 0.3) is 0 Å². The Bertz CT molecular complexity index is 769. The van der Waals surface area contributed by atoms with Crippen LogP contribution in [0.4, 0.5) is 0 Å². The summed E-state index contributed by atoms with van der Waals surface area (Å²) in [5.41, 5.74) is 8.39. The fraction of sp³-hybridized carbons (Fsp3) is 0.227. The van der Waals surface area contributed by atoms with Crippen molar-refractivity contribution in [3.05, 3.63) is 83.0 Å². The van der Waals surface area contributed by atoms with Gasteiger partial charge in [0, 0.05) is 5.92 Å². The van der Waals surface area contributed by atoms with Crippen molar-refractivity contribution >= 4 is 3.26 Å². The molecule has 0 aromatic heterocycles. The molecule has 0 N–H and O–H groups in total. The van der Waals surface area contributed by atoms with E-state index in [0.29, 0.717) is 5.92 Å². The monoisotopic (exact) mass is 535 g/mol. The zero-order valence-electron chi connectivity index (χ0n) is 14.7. The Morgan fingerprint density at radius 2 is 1.36 bits per heavy atom. The van der Waals surface area contributed by atoms with E-state index in [2.05, 4.69) is 81.5 Å². The van der Waals surface area contributed by atoms with Crippen LogP contribution < -0.4 is 24.8 Å². The molecule has 0 heterocycles. The van der Waals surface area contributed by atoms with Crippen molar-refractivity contribution in [3.63, 3.8) is 0 Å². The molecule has 25 heavy (non-hydrogen) atoms. The fourth-order valence-electron chi connectivity index (χ4n) is 3.36. The van der Waals surface area contributed by atoms with Gasteiger partial charge in [-0.3, -0.25) is 6.08 Å². The summed E-state index contributed by atoms with van der Waals surface area (Å²) in [5.74, 6) is 0.381. The minimum Gasteiger partial charge on any atom is -1.00 e. The molecule has 2 aromatic carbocycles. The molecule has 3 heteroatoms. The quantitative estimate of drug-likeness (QED) is 0.346. The molecule has 0 amide bonds. The SMILES string of the molecule is CC1=CC[C-]=C1C1c2ccccc2-c2ccccc21.C[C](C)=[Hf+2].[Cl-].[Cl-]. The Morgan fingerprint density at radius 3 is 1.76 bits per heavy atom. The van der Waals surface area contributed by atoms with E-state index in [9.17, 15) is 0 Å². The van der Waals surface area contributed by atoms with Gasteiger partial charge in [0.2, 0.25) is 0 Å². The molecule has 0 spiro atoms. The second-order valence-corrected chi connectivity index (χ2v) is 9.88. The molecular formula is C22H21Cl2Hf-. The predicted octanol–water partition coefficient (Wildman–Crippen LogP) is -0.368. The van der Waals surface area contributed by atoms with Crippen LogP contribution in [0.15, 0.2) is 65.8 Å². The van der Waals surface area contributed by atoms with E-state index in [1.807, 2.05) is 0 Å². The second-order valence-electron chi connectivity index (χ2n) is 6.29. The first kappa shape index (κ1) is 22.3. The van der Waals surface area contributed by atoms with Crippen LogP contribution in [-0.4, -0.2) is 3.26 Å². The first-order chi connectivity index (χ1) is 11.1. The summed E-state index contributed by atoms with van der Waals surface area (Å²) in [6, 6.07) is 17.6. The van der Waals surface area contributed by atoms with Crippen LogP contribution in [0.3, 0.4) is 0 Å². The van der Waals surface area contributed by atoms with Crippen LogP contribution in [0, 0.1) is 6.08 Å². The van der Waals surface area contributed by atoms with Crippen molar-refractivity contribution < 1.29 is 48.7 Å². The molecule has 0 unspecified atom stereocenters. The summed E-state index contributed by atoms with van der Waals surface area (Å²) in [6.07, 6.45) is 6.79.